The van der Waals surface area contributed by atoms with Gasteiger partial charge in [0.25, 0.3) is 0 Å². The Morgan fingerprint density at radius 2 is 1.59 bits per heavy atom. The lowest BCUT2D eigenvalue weighted by Gasteiger charge is -2.38. The van der Waals surface area contributed by atoms with Gasteiger partial charge in [0.1, 0.15) is 5.60 Å². The maximum atomic E-state index is 12.3. The summed E-state index contributed by atoms with van der Waals surface area (Å²) in [5.41, 5.74) is -1.16. The maximum absolute atomic E-state index is 12.3. The van der Waals surface area contributed by atoms with Crippen LogP contribution in [0.3, 0.4) is 0 Å². The second-order valence-corrected chi connectivity index (χ2v) is 7.66. The molecule has 0 bridgehead atoms. The van der Waals surface area contributed by atoms with Crippen LogP contribution in [0.2, 0.25) is 0 Å². The van der Waals surface area contributed by atoms with Crippen molar-refractivity contribution in [3.63, 3.8) is 0 Å². The van der Waals surface area contributed by atoms with Gasteiger partial charge in [-0.05, 0) is 57.8 Å². The van der Waals surface area contributed by atoms with E-state index in [0.717, 1.165) is 38.5 Å². The Hall–Kier alpha value is -1.06. The lowest BCUT2D eigenvalue weighted by atomic mass is 9.66. The predicted molar refractivity (Wildman–Crippen MR) is 86.4 cm³/mol. The monoisotopic (exact) mass is 312 g/mol. The first-order valence-corrected chi connectivity index (χ1v) is 8.49. The van der Waals surface area contributed by atoms with E-state index in [-0.39, 0.29) is 23.6 Å². The van der Waals surface area contributed by atoms with Crippen LogP contribution in [0.1, 0.15) is 80.1 Å². The summed E-state index contributed by atoms with van der Waals surface area (Å²) in [6.07, 6.45) is 5.70. The summed E-state index contributed by atoms with van der Waals surface area (Å²) >= 11 is 0. The number of carbonyl (C=O) groups is 2. The summed E-state index contributed by atoms with van der Waals surface area (Å²) in [5.74, 6) is -0.768. The second-order valence-electron chi connectivity index (χ2n) is 7.66. The fraction of sp³-hybridized carbons (Fsp3) is 0.889. The number of carbonyl (C=O) groups excluding carboxylic acids is 2. The van der Waals surface area contributed by atoms with Crippen LogP contribution in [0.25, 0.3) is 0 Å². The van der Waals surface area contributed by atoms with Gasteiger partial charge in [-0.1, -0.05) is 27.7 Å². The molecule has 0 aromatic carbocycles. The molecule has 22 heavy (non-hydrogen) atoms. The molecule has 1 fully saturated rings. The molecular weight excluding hydrogens is 280 g/mol. The van der Waals surface area contributed by atoms with Crippen LogP contribution >= 0.6 is 0 Å². The van der Waals surface area contributed by atoms with Crippen LogP contribution in [0.15, 0.2) is 0 Å². The molecule has 0 aromatic heterocycles. The van der Waals surface area contributed by atoms with Crippen molar-refractivity contribution in [1.82, 2.24) is 0 Å². The van der Waals surface area contributed by atoms with Crippen molar-refractivity contribution < 1.29 is 19.1 Å². The summed E-state index contributed by atoms with van der Waals surface area (Å²) in [7, 11) is 0. The SMILES string of the molecule is CCC1(OC(=O)COC(=O)C(C)(C)C(C)(C)CC)CCCC1. The van der Waals surface area contributed by atoms with Crippen molar-refractivity contribution >= 4 is 11.9 Å². The molecule has 1 saturated carbocycles. The van der Waals surface area contributed by atoms with Crippen LogP contribution in [-0.2, 0) is 19.1 Å². The Balaban J connectivity index is 2.55. The predicted octanol–water partition coefficient (Wildman–Crippen LogP) is 4.26. The Morgan fingerprint density at radius 1 is 1.05 bits per heavy atom. The van der Waals surface area contributed by atoms with Crippen LogP contribution in [0, 0.1) is 10.8 Å². The molecular formula is C18H32O4. The van der Waals surface area contributed by atoms with Crippen LogP contribution in [-0.4, -0.2) is 24.1 Å². The second kappa shape index (κ2) is 7.01. The third-order valence-electron chi connectivity index (χ3n) is 5.90. The van der Waals surface area contributed by atoms with Gasteiger partial charge < -0.3 is 9.47 Å². The Kier molecular flexibility index (Phi) is 6.05. The lowest BCUT2D eigenvalue weighted by molar-refractivity contribution is -0.176. The molecule has 0 heterocycles. The molecule has 0 N–H and O–H groups in total. The van der Waals surface area contributed by atoms with Crippen molar-refractivity contribution in [3.05, 3.63) is 0 Å². The summed E-state index contributed by atoms with van der Waals surface area (Å²) in [5, 5.41) is 0. The molecule has 1 aliphatic carbocycles. The first kappa shape index (κ1) is 19.0. The van der Waals surface area contributed by atoms with Crippen LogP contribution in [0.5, 0.6) is 0 Å². The van der Waals surface area contributed by atoms with Gasteiger partial charge in [0.2, 0.25) is 0 Å². The van der Waals surface area contributed by atoms with Gasteiger partial charge in [-0.25, -0.2) is 4.79 Å². The van der Waals surface area contributed by atoms with E-state index in [2.05, 4.69) is 0 Å². The van der Waals surface area contributed by atoms with Crippen molar-refractivity contribution in [2.45, 2.75) is 85.7 Å². The van der Waals surface area contributed by atoms with E-state index >= 15 is 0 Å². The van der Waals surface area contributed by atoms with Gasteiger partial charge in [0.15, 0.2) is 6.61 Å². The highest BCUT2D eigenvalue weighted by Crippen LogP contribution is 2.42. The van der Waals surface area contributed by atoms with E-state index < -0.39 is 11.4 Å². The van der Waals surface area contributed by atoms with Crippen molar-refractivity contribution in [1.29, 1.82) is 0 Å². The molecule has 1 rings (SSSR count). The minimum absolute atomic E-state index is 0.190. The average Bonchev–Trinajstić information content (AvgIpc) is 2.93. The first-order valence-electron chi connectivity index (χ1n) is 8.49. The molecule has 1 aliphatic rings. The van der Waals surface area contributed by atoms with Crippen molar-refractivity contribution in [2.75, 3.05) is 6.61 Å². The number of esters is 2. The molecule has 0 saturated heterocycles. The number of rotatable bonds is 7. The summed E-state index contributed by atoms with van der Waals surface area (Å²) in [6, 6.07) is 0. The van der Waals surface area contributed by atoms with Crippen LogP contribution in [0.4, 0.5) is 0 Å². The third kappa shape index (κ3) is 4.02. The Morgan fingerprint density at radius 3 is 2.05 bits per heavy atom. The third-order valence-corrected chi connectivity index (χ3v) is 5.90. The van der Waals surface area contributed by atoms with Gasteiger partial charge in [0, 0.05) is 0 Å². The summed E-state index contributed by atoms with van der Waals surface area (Å²) in [4.78, 5) is 24.3. The quantitative estimate of drug-likeness (QED) is 0.659. The van der Waals surface area contributed by atoms with Crippen LogP contribution < -0.4 is 0 Å². The van der Waals surface area contributed by atoms with E-state index in [9.17, 15) is 9.59 Å². The zero-order chi connectivity index (χ0) is 17.0. The minimum Gasteiger partial charge on any atom is -0.457 e. The molecule has 0 amide bonds. The van der Waals surface area contributed by atoms with E-state index in [1.165, 1.54) is 0 Å². The standard InChI is InChI=1S/C18H32O4/c1-7-16(3,4)17(5,6)15(20)21-13-14(19)22-18(8-2)11-9-10-12-18/h7-13H2,1-6H3. The number of hydrogen-bond acceptors (Lipinski definition) is 4. The van der Waals surface area contributed by atoms with Gasteiger partial charge in [0.05, 0.1) is 5.41 Å². The van der Waals surface area contributed by atoms with E-state index in [1.54, 1.807) is 0 Å². The van der Waals surface area contributed by atoms with Crippen molar-refractivity contribution in [3.8, 4) is 0 Å². The molecule has 0 radical (unpaired) electrons. The molecule has 4 nitrogen and oxygen atoms in total. The number of hydrogen-bond donors (Lipinski definition) is 0. The largest absolute Gasteiger partial charge is 0.457 e. The normalized spacial score (nSPS) is 18.1. The van der Waals surface area contributed by atoms with Gasteiger partial charge >= 0.3 is 11.9 Å². The topological polar surface area (TPSA) is 52.6 Å². The van der Waals surface area contributed by atoms with Gasteiger partial charge in [-0.3, -0.25) is 4.79 Å². The molecule has 4 heteroatoms. The van der Waals surface area contributed by atoms with E-state index in [4.69, 9.17) is 9.47 Å². The molecule has 128 valence electrons. The molecule has 0 aromatic rings. The maximum Gasteiger partial charge on any atom is 0.344 e. The van der Waals surface area contributed by atoms with Gasteiger partial charge in [-0.2, -0.15) is 0 Å². The Labute approximate surface area is 134 Å². The summed E-state index contributed by atoms with van der Waals surface area (Å²) < 4.78 is 10.9. The molecule has 0 unspecified atom stereocenters. The highest BCUT2D eigenvalue weighted by atomic mass is 16.6. The summed E-state index contributed by atoms with van der Waals surface area (Å²) in [6.45, 7) is 11.6. The highest BCUT2D eigenvalue weighted by Gasteiger charge is 2.43. The fourth-order valence-electron chi connectivity index (χ4n) is 2.84. The first-order chi connectivity index (χ1) is 10.1. The molecule has 0 atom stereocenters. The number of ether oxygens (including phenoxy) is 2. The zero-order valence-corrected chi connectivity index (χ0v) is 15.1. The van der Waals surface area contributed by atoms with Crippen molar-refractivity contribution in [2.24, 2.45) is 10.8 Å². The van der Waals surface area contributed by atoms with E-state index in [0.29, 0.717) is 0 Å². The smallest absolute Gasteiger partial charge is 0.344 e. The Bertz CT molecular complexity index is 403. The molecule has 0 aliphatic heterocycles. The lowest BCUT2D eigenvalue weighted by Crippen LogP contribution is -2.41. The van der Waals surface area contributed by atoms with Gasteiger partial charge in [-0.15, -0.1) is 0 Å². The molecule has 0 spiro atoms. The fourth-order valence-corrected chi connectivity index (χ4v) is 2.84. The minimum atomic E-state index is -0.641. The highest BCUT2D eigenvalue weighted by molar-refractivity contribution is 5.80. The zero-order valence-electron chi connectivity index (χ0n) is 15.1. The average molecular weight is 312 g/mol. The van der Waals surface area contributed by atoms with E-state index in [1.807, 2.05) is 41.5 Å².